The van der Waals surface area contributed by atoms with E-state index in [1.54, 1.807) is 18.3 Å². The molecular formula is C12H15N3O. The second-order valence-electron chi connectivity index (χ2n) is 4.60. The maximum atomic E-state index is 9.40. The van der Waals surface area contributed by atoms with Crippen LogP contribution in [0.15, 0.2) is 24.5 Å². The van der Waals surface area contributed by atoms with Crippen molar-refractivity contribution in [1.29, 1.82) is 0 Å². The maximum Gasteiger partial charge on any atom is 0.120 e. The monoisotopic (exact) mass is 217 g/mol. The number of aromatic nitrogens is 2. The summed E-state index contributed by atoms with van der Waals surface area (Å²) in [5.41, 5.74) is 6.86. The van der Waals surface area contributed by atoms with Crippen molar-refractivity contribution in [2.24, 2.45) is 5.73 Å². The fourth-order valence-corrected chi connectivity index (χ4v) is 2.50. The highest BCUT2D eigenvalue weighted by molar-refractivity contribution is 5.51. The third-order valence-electron chi connectivity index (χ3n) is 3.69. The third-order valence-corrected chi connectivity index (χ3v) is 3.69. The van der Waals surface area contributed by atoms with E-state index < -0.39 is 0 Å². The van der Waals surface area contributed by atoms with E-state index in [0.29, 0.717) is 6.54 Å². The van der Waals surface area contributed by atoms with E-state index >= 15 is 0 Å². The third kappa shape index (κ3) is 1.16. The van der Waals surface area contributed by atoms with Gasteiger partial charge >= 0.3 is 0 Å². The van der Waals surface area contributed by atoms with Gasteiger partial charge in [-0.15, -0.1) is 0 Å². The van der Waals surface area contributed by atoms with Gasteiger partial charge < -0.3 is 15.2 Å². The SMILES string of the molecule is NCC1(c2ncc3cc(O)ccn23)CCC1. The van der Waals surface area contributed by atoms with Crippen LogP contribution in [0.2, 0.25) is 0 Å². The molecule has 3 rings (SSSR count). The fourth-order valence-electron chi connectivity index (χ4n) is 2.50. The van der Waals surface area contributed by atoms with Crippen LogP contribution in [0.1, 0.15) is 25.1 Å². The average molecular weight is 217 g/mol. The molecule has 1 aliphatic rings. The first-order valence-electron chi connectivity index (χ1n) is 5.62. The largest absolute Gasteiger partial charge is 0.508 e. The molecular weight excluding hydrogens is 202 g/mol. The molecule has 16 heavy (non-hydrogen) atoms. The molecule has 2 aromatic heterocycles. The first-order valence-corrected chi connectivity index (χ1v) is 5.62. The van der Waals surface area contributed by atoms with E-state index in [1.165, 1.54) is 6.42 Å². The Kier molecular flexibility index (Phi) is 1.94. The van der Waals surface area contributed by atoms with Crippen molar-refractivity contribution >= 4 is 5.52 Å². The summed E-state index contributed by atoms with van der Waals surface area (Å²) in [6.07, 6.45) is 7.12. The van der Waals surface area contributed by atoms with Crippen LogP contribution < -0.4 is 5.73 Å². The summed E-state index contributed by atoms with van der Waals surface area (Å²) >= 11 is 0. The van der Waals surface area contributed by atoms with E-state index in [2.05, 4.69) is 4.98 Å². The van der Waals surface area contributed by atoms with E-state index in [4.69, 9.17) is 5.73 Å². The Morgan fingerprint density at radius 1 is 1.50 bits per heavy atom. The Morgan fingerprint density at radius 3 is 2.94 bits per heavy atom. The fraction of sp³-hybridized carbons (Fsp3) is 0.417. The van der Waals surface area contributed by atoms with Gasteiger partial charge in [-0.1, -0.05) is 6.42 Å². The summed E-state index contributed by atoms with van der Waals surface area (Å²) in [6.45, 7) is 0.646. The number of hydrogen-bond donors (Lipinski definition) is 2. The highest BCUT2D eigenvalue weighted by Crippen LogP contribution is 2.42. The molecule has 0 unspecified atom stereocenters. The Hall–Kier alpha value is -1.55. The van der Waals surface area contributed by atoms with Crippen LogP contribution in [0.5, 0.6) is 5.75 Å². The van der Waals surface area contributed by atoms with Gasteiger partial charge in [-0.25, -0.2) is 4.98 Å². The number of pyridine rings is 1. The van der Waals surface area contributed by atoms with Gasteiger partial charge in [0.1, 0.15) is 11.6 Å². The standard InChI is InChI=1S/C12H15N3O/c13-8-12(3-1-4-12)11-14-7-9-6-10(16)2-5-15(9)11/h2,5-7,16H,1,3-4,8,13H2. The molecule has 0 bridgehead atoms. The molecule has 2 heterocycles. The van der Waals surface area contributed by atoms with Crippen LogP contribution in [-0.4, -0.2) is 21.0 Å². The first kappa shape index (κ1) is 9.66. The molecule has 0 radical (unpaired) electrons. The number of hydrogen-bond acceptors (Lipinski definition) is 3. The van der Waals surface area contributed by atoms with Gasteiger partial charge in [0.25, 0.3) is 0 Å². The van der Waals surface area contributed by atoms with E-state index in [1.807, 2.05) is 10.6 Å². The van der Waals surface area contributed by atoms with Crippen LogP contribution in [0.3, 0.4) is 0 Å². The average Bonchev–Trinajstić information content (AvgIpc) is 2.61. The van der Waals surface area contributed by atoms with Crippen molar-refractivity contribution < 1.29 is 5.11 Å². The quantitative estimate of drug-likeness (QED) is 0.799. The number of nitrogens with zero attached hydrogens (tertiary/aromatic N) is 2. The second kappa shape index (κ2) is 3.22. The molecule has 3 N–H and O–H groups in total. The number of rotatable bonds is 2. The Labute approximate surface area is 93.7 Å². The zero-order valence-electron chi connectivity index (χ0n) is 9.06. The maximum absolute atomic E-state index is 9.40. The predicted molar refractivity (Wildman–Crippen MR) is 61.4 cm³/mol. The zero-order chi connectivity index (χ0) is 11.2. The number of imidazole rings is 1. The Morgan fingerprint density at radius 2 is 2.31 bits per heavy atom. The van der Waals surface area contributed by atoms with Crippen molar-refractivity contribution in [2.75, 3.05) is 6.54 Å². The van der Waals surface area contributed by atoms with Gasteiger partial charge in [0.05, 0.1) is 11.7 Å². The summed E-state index contributed by atoms with van der Waals surface area (Å²) in [5.74, 6) is 1.31. The predicted octanol–water partition coefficient (Wildman–Crippen LogP) is 1.42. The molecule has 0 atom stereocenters. The molecule has 0 aromatic carbocycles. The van der Waals surface area contributed by atoms with Crippen LogP contribution in [0, 0.1) is 0 Å². The molecule has 0 amide bonds. The van der Waals surface area contributed by atoms with E-state index in [0.717, 1.165) is 24.2 Å². The van der Waals surface area contributed by atoms with Crippen LogP contribution >= 0.6 is 0 Å². The van der Waals surface area contributed by atoms with Crippen molar-refractivity contribution in [2.45, 2.75) is 24.7 Å². The normalized spacial score (nSPS) is 18.6. The van der Waals surface area contributed by atoms with Gasteiger partial charge in [0.2, 0.25) is 0 Å². The molecule has 84 valence electrons. The lowest BCUT2D eigenvalue weighted by molar-refractivity contribution is 0.237. The minimum absolute atomic E-state index is 0.0589. The second-order valence-corrected chi connectivity index (χ2v) is 4.60. The molecule has 4 nitrogen and oxygen atoms in total. The van der Waals surface area contributed by atoms with Gasteiger partial charge in [0, 0.05) is 24.2 Å². The van der Waals surface area contributed by atoms with Crippen molar-refractivity contribution in [3.63, 3.8) is 0 Å². The number of fused-ring (bicyclic) bond motifs is 1. The molecule has 4 heteroatoms. The zero-order valence-corrected chi connectivity index (χ0v) is 9.06. The summed E-state index contributed by atoms with van der Waals surface area (Å²) in [5, 5.41) is 9.40. The van der Waals surface area contributed by atoms with E-state index in [9.17, 15) is 5.11 Å². The van der Waals surface area contributed by atoms with Crippen LogP contribution in [0.4, 0.5) is 0 Å². The molecule has 1 aliphatic carbocycles. The lowest BCUT2D eigenvalue weighted by Crippen LogP contribution is -2.43. The highest BCUT2D eigenvalue weighted by atomic mass is 16.3. The smallest absolute Gasteiger partial charge is 0.120 e. The minimum atomic E-state index is 0.0589. The number of aromatic hydroxyl groups is 1. The molecule has 1 fully saturated rings. The molecule has 0 aliphatic heterocycles. The molecule has 1 saturated carbocycles. The minimum Gasteiger partial charge on any atom is -0.508 e. The van der Waals surface area contributed by atoms with Crippen LogP contribution in [-0.2, 0) is 5.41 Å². The summed E-state index contributed by atoms with van der Waals surface area (Å²) in [7, 11) is 0. The van der Waals surface area contributed by atoms with E-state index in [-0.39, 0.29) is 11.2 Å². The Bertz CT molecular complexity index is 523. The summed E-state index contributed by atoms with van der Waals surface area (Å²) in [6, 6.07) is 3.40. The van der Waals surface area contributed by atoms with Gasteiger partial charge in [-0.3, -0.25) is 0 Å². The summed E-state index contributed by atoms with van der Waals surface area (Å²) in [4.78, 5) is 4.47. The van der Waals surface area contributed by atoms with Crippen molar-refractivity contribution in [1.82, 2.24) is 9.38 Å². The molecule has 0 spiro atoms. The molecule has 2 aromatic rings. The Balaban J connectivity index is 2.17. The topological polar surface area (TPSA) is 63.5 Å². The lowest BCUT2D eigenvalue weighted by Gasteiger charge is -2.39. The first-order chi connectivity index (χ1) is 7.75. The molecule has 0 saturated heterocycles. The van der Waals surface area contributed by atoms with Crippen LogP contribution in [0.25, 0.3) is 5.52 Å². The van der Waals surface area contributed by atoms with Crippen molar-refractivity contribution in [3.05, 3.63) is 30.4 Å². The lowest BCUT2D eigenvalue weighted by atomic mass is 9.68. The van der Waals surface area contributed by atoms with Crippen molar-refractivity contribution in [3.8, 4) is 5.75 Å². The van der Waals surface area contributed by atoms with Gasteiger partial charge in [-0.2, -0.15) is 0 Å². The van der Waals surface area contributed by atoms with Gasteiger partial charge in [-0.05, 0) is 18.9 Å². The van der Waals surface area contributed by atoms with Gasteiger partial charge in [0.15, 0.2) is 0 Å². The highest BCUT2D eigenvalue weighted by Gasteiger charge is 2.40. The summed E-state index contributed by atoms with van der Waals surface area (Å²) < 4.78 is 2.03. The number of nitrogens with two attached hydrogens (primary N) is 1.